The number of aryl methyl sites for hydroxylation is 5. The molecular formula is C22H24N6O2. The maximum absolute atomic E-state index is 12.3. The Morgan fingerprint density at radius 3 is 2.40 bits per heavy atom. The molecule has 0 unspecified atom stereocenters. The number of aromatic nitrogens is 6. The van der Waals surface area contributed by atoms with Crippen LogP contribution in [0.3, 0.4) is 0 Å². The molecule has 0 amide bonds. The lowest BCUT2D eigenvalue weighted by atomic mass is 10.1. The minimum absolute atomic E-state index is 0.298. The average molecular weight is 404 g/mol. The van der Waals surface area contributed by atoms with Gasteiger partial charge < -0.3 is 4.74 Å². The van der Waals surface area contributed by atoms with Gasteiger partial charge in [-0.3, -0.25) is 0 Å². The van der Waals surface area contributed by atoms with Crippen molar-refractivity contribution in [3.63, 3.8) is 0 Å². The largest absolute Gasteiger partial charge is 0.489 e. The monoisotopic (exact) mass is 404 g/mol. The van der Waals surface area contributed by atoms with E-state index in [0.717, 1.165) is 39.4 Å². The van der Waals surface area contributed by atoms with Crippen molar-refractivity contribution in [1.29, 1.82) is 0 Å². The Hall–Kier alpha value is -3.68. The Labute approximate surface area is 174 Å². The Balaban J connectivity index is 1.65. The van der Waals surface area contributed by atoms with Crippen LogP contribution in [0.25, 0.3) is 11.4 Å². The van der Waals surface area contributed by atoms with Gasteiger partial charge in [0.15, 0.2) is 0 Å². The number of hydrogen-bond acceptors (Lipinski definition) is 5. The first-order valence-corrected chi connectivity index (χ1v) is 9.69. The molecule has 4 rings (SSSR count). The summed E-state index contributed by atoms with van der Waals surface area (Å²) >= 11 is 0. The second-order valence-corrected chi connectivity index (χ2v) is 7.46. The number of rotatable bonds is 5. The van der Waals surface area contributed by atoms with Gasteiger partial charge in [-0.15, -0.1) is 0 Å². The number of nitrogens with zero attached hydrogens (tertiary/aromatic N) is 6. The van der Waals surface area contributed by atoms with E-state index in [1.54, 1.807) is 7.05 Å². The molecule has 0 aliphatic carbocycles. The van der Waals surface area contributed by atoms with Crippen molar-refractivity contribution in [2.75, 3.05) is 0 Å². The minimum Gasteiger partial charge on any atom is -0.489 e. The quantitative estimate of drug-likeness (QED) is 0.511. The SMILES string of the molecule is Cc1ccn(-c2cc(C)c(OCc3c(C)cccc3-n3nnn(C)c3=O)cc2C)n1. The van der Waals surface area contributed by atoms with E-state index in [2.05, 4.69) is 21.6 Å². The number of tetrazole rings is 1. The fourth-order valence-corrected chi connectivity index (χ4v) is 3.41. The van der Waals surface area contributed by atoms with Gasteiger partial charge in [0.05, 0.1) is 17.1 Å². The molecule has 0 N–H and O–H groups in total. The smallest absolute Gasteiger partial charge is 0.368 e. The lowest BCUT2D eigenvalue weighted by molar-refractivity contribution is 0.302. The van der Waals surface area contributed by atoms with Crippen LogP contribution < -0.4 is 10.4 Å². The molecule has 8 nitrogen and oxygen atoms in total. The summed E-state index contributed by atoms with van der Waals surface area (Å²) in [6, 6.07) is 11.8. The fourth-order valence-electron chi connectivity index (χ4n) is 3.41. The van der Waals surface area contributed by atoms with Gasteiger partial charge in [-0.25, -0.2) is 9.48 Å². The molecule has 0 bridgehead atoms. The van der Waals surface area contributed by atoms with Crippen LogP contribution in [-0.4, -0.2) is 29.6 Å². The molecule has 0 atom stereocenters. The van der Waals surface area contributed by atoms with E-state index in [1.165, 1.54) is 9.36 Å². The predicted molar refractivity (Wildman–Crippen MR) is 113 cm³/mol. The van der Waals surface area contributed by atoms with Crippen LogP contribution in [-0.2, 0) is 13.7 Å². The molecule has 0 aliphatic rings. The van der Waals surface area contributed by atoms with E-state index >= 15 is 0 Å². The third kappa shape index (κ3) is 3.52. The predicted octanol–water partition coefficient (Wildman–Crippen LogP) is 2.96. The Morgan fingerprint density at radius 1 is 0.933 bits per heavy atom. The Kier molecular flexibility index (Phi) is 4.99. The first kappa shape index (κ1) is 19.6. The highest BCUT2D eigenvalue weighted by molar-refractivity contribution is 5.50. The van der Waals surface area contributed by atoms with E-state index in [1.807, 2.05) is 68.9 Å². The standard InChI is InChI=1S/C22H24N6O2/c1-14-7-6-8-19(28-22(29)26(5)24-25-28)18(14)13-30-21-12-15(2)20(11-16(21)3)27-10-9-17(4)23-27/h6-12H,13H2,1-5H3. The van der Waals surface area contributed by atoms with Crippen molar-refractivity contribution < 1.29 is 4.74 Å². The summed E-state index contributed by atoms with van der Waals surface area (Å²) in [5.74, 6) is 0.792. The normalized spacial score (nSPS) is 11.1. The summed E-state index contributed by atoms with van der Waals surface area (Å²) in [7, 11) is 1.58. The second kappa shape index (κ2) is 7.62. The molecule has 0 saturated carbocycles. The van der Waals surface area contributed by atoms with E-state index in [9.17, 15) is 4.79 Å². The number of hydrogen-bond donors (Lipinski definition) is 0. The van der Waals surface area contributed by atoms with Gasteiger partial charge in [-0.1, -0.05) is 12.1 Å². The molecular weight excluding hydrogens is 380 g/mol. The highest BCUT2D eigenvalue weighted by Gasteiger charge is 2.15. The van der Waals surface area contributed by atoms with Crippen molar-refractivity contribution in [1.82, 2.24) is 29.6 Å². The highest BCUT2D eigenvalue weighted by Crippen LogP contribution is 2.27. The molecule has 4 aromatic rings. The van der Waals surface area contributed by atoms with Crippen LogP contribution in [0.5, 0.6) is 5.75 Å². The van der Waals surface area contributed by atoms with Crippen LogP contribution >= 0.6 is 0 Å². The molecule has 30 heavy (non-hydrogen) atoms. The van der Waals surface area contributed by atoms with Crippen LogP contribution in [0.1, 0.15) is 27.9 Å². The molecule has 2 aromatic carbocycles. The summed E-state index contributed by atoms with van der Waals surface area (Å²) in [6.07, 6.45) is 1.95. The maximum atomic E-state index is 12.3. The van der Waals surface area contributed by atoms with E-state index in [0.29, 0.717) is 12.3 Å². The number of ether oxygens (including phenoxy) is 1. The van der Waals surface area contributed by atoms with Gasteiger partial charge in [0.25, 0.3) is 0 Å². The molecule has 0 saturated heterocycles. The highest BCUT2D eigenvalue weighted by atomic mass is 16.5. The molecule has 0 spiro atoms. The van der Waals surface area contributed by atoms with Crippen molar-refractivity contribution in [3.8, 4) is 17.1 Å². The molecule has 154 valence electrons. The lowest BCUT2D eigenvalue weighted by Gasteiger charge is -2.16. The second-order valence-electron chi connectivity index (χ2n) is 7.46. The van der Waals surface area contributed by atoms with Crippen LogP contribution in [0.2, 0.25) is 0 Å². The van der Waals surface area contributed by atoms with Crippen molar-refractivity contribution >= 4 is 0 Å². The summed E-state index contributed by atoms with van der Waals surface area (Å²) in [4.78, 5) is 12.3. The van der Waals surface area contributed by atoms with Crippen molar-refractivity contribution in [2.45, 2.75) is 34.3 Å². The third-order valence-electron chi connectivity index (χ3n) is 5.17. The zero-order valence-corrected chi connectivity index (χ0v) is 17.7. The zero-order chi connectivity index (χ0) is 21.4. The Morgan fingerprint density at radius 2 is 1.73 bits per heavy atom. The van der Waals surface area contributed by atoms with E-state index in [-0.39, 0.29) is 5.69 Å². The van der Waals surface area contributed by atoms with Gasteiger partial charge in [-0.05, 0) is 79.1 Å². The molecule has 8 heteroatoms. The molecule has 0 aliphatic heterocycles. The van der Waals surface area contributed by atoms with Crippen molar-refractivity contribution in [2.24, 2.45) is 7.05 Å². The fraction of sp³-hybridized carbons (Fsp3) is 0.273. The third-order valence-corrected chi connectivity index (χ3v) is 5.17. The van der Waals surface area contributed by atoms with Gasteiger partial charge >= 0.3 is 5.69 Å². The van der Waals surface area contributed by atoms with E-state index in [4.69, 9.17) is 4.74 Å². The van der Waals surface area contributed by atoms with Crippen LogP contribution in [0.4, 0.5) is 0 Å². The number of benzene rings is 2. The molecule has 2 aromatic heterocycles. The van der Waals surface area contributed by atoms with E-state index < -0.39 is 0 Å². The lowest BCUT2D eigenvalue weighted by Crippen LogP contribution is -2.23. The van der Waals surface area contributed by atoms with Gasteiger partial charge in [0.2, 0.25) is 0 Å². The van der Waals surface area contributed by atoms with Crippen LogP contribution in [0.15, 0.2) is 47.4 Å². The first-order chi connectivity index (χ1) is 14.3. The average Bonchev–Trinajstić information content (AvgIpc) is 3.28. The van der Waals surface area contributed by atoms with Gasteiger partial charge in [0.1, 0.15) is 12.4 Å². The topological polar surface area (TPSA) is 79.8 Å². The molecule has 2 heterocycles. The molecule has 0 radical (unpaired) electrons. The maximum Gasteiger partial charge on any atom is 0.368 e. The molecule has 0 fully saturated rings. The summed E-state index contributed by atoms with van der Waals surface area (Å²) in [6.45, 7) is 8.33. The van der Waals surface area contributed by atoms with Gasteiger partial charge in [0, 0.05) is 18.8 Å². The van der Waals surface area contributed by atoms with Gasteiger partial charge in [-0.2, -0.15) is 14.5 Å². The minimum atomic E-state index is -0.298. The first-order valence-electron chi connectivity index (χ1n) is 9.69. The Bertz CT molecular complexity index is 1280. The van der Waals surface area contributed by atoms with Crippen molar-refractivity contribution in [3.05, 3.63) is 81.0 Å². The summed E-state index contributed by atoms with van der Waals surface area (Å²) in [5, 5.41) is 12.3. The zero-order valence-electron chi connectivity index (χ0n) is 17.7. The summed E-state index contributed by atoms with van der Waals surface area (Å²) in [5.41, 5.74) is 6.35. The van der Waals surface area contributed by atoms with Crippen LogP contribution in [0, 0.1) is 27.7 Å². The summed E-state index contributed by atoms with van der Waals surface area (Å²) < 4.78 is 10.6.